The van der Waals surface area contributed by atoms with Crippen LogP contribution in [0.15, 0.2) is 48.5 Å². The summed E-state index contributed by atoms with van der Waals surface area (Å²) in [4.78, 5) is 31.7. The van der Waals surface area contributed by atoms with E-state index in [0.717, 1.165) is 22.9 Å². The van der Waals surface area contributed by atoms with E-state index in [-0.39, 0.29) is 24.2 Å². The van der Waals surface area contributed by atoms with E-state index >= 15 is 0 Å². The van der Waals surface area contributed by atoms with Crippen LogP contribution in [0.3, 0.4) is 0 Å². The molecule has 3 aromatic rings. The Balaban J connectivity index is 1.16. The van der Waals surface area contributed by atoms with Gasteiger partial charge in [0, 0.05) is 50.9 Å². The van der Waals surface area contributed by atoms with Crippen molar-refractivity contribution in [3.8, 4) is 17.2 Å². The maximum absolute atomic E-state index is 13.2. The Kier molecular flexibility index (Phi) is 6.81. The number of amides is 2. The van der Waals surface area contributed by atoms with Crippen molar-refractivity contribution >= 4 is 17.5 Å². The smallest absolute Gasteiger partial charge is 0.228 e. The minimum atomic E-state index is -0.336. The molecule has 0 bridgehead atoms. The summed E-state index contributed by atoms with van der Waals surface area (Å²) < 4.78 is 12.2. The Hall–Kier alpha value is -3.99. The van der Waals surface area contributed by atoms with E-state index in [4.69, 9.17) is 9.47 Å². The quantitative estimate of drug-likeness (QED) is 0.488. The predicted octanol–water partition coefficient (Wildman–Crippen LogP) is 1.38. The second-order valence-corrected chi connectivity index (χ2v) is 8.91. The van der Waals surface area contributed by atoms with Crippen molar-refractivity contribution in [2.45, 2.75) is 13.0 Å². The highest BCUT2D eigenvalue weighted by atomic mass is 16.5. The number of nitrogens with zero attached hydrogens (tertiary/aromatic N) is 7. The molecule has 5 rings (SSSR count). The van der Waals surface area contributed by atoms with Crippen LogP contribution in [0.2, 0.25) is 0 Å². The van der Waals surface area contributed by atoms with E-state index in [0.29, 0.717) is 45.0 Å². The van der Waals surface area contributed by atoms with E-state index in [1.165, 1.54) is 0 Å². The summed E-state index contributed by atoms with van der Waals surface area (Å²) in [5.74, 6) is 1.85. The molecule has 11 heteroatoms. The number of carbonyl (C=O) groups excluding carboxylic acids is 2. The van der Waals surface area contributed by atoms with Crippen LogP contribution >= 0.6 is 0 Å². The Labute approximate surface area is 209 Å². The molecule has 2 aliphatic rings. The van der Waals surface area contributed by atoms with Gasteiger partial charge in [-0.2, -0.15) is 4.68 Å². The van der Waals surface area contributed by atoms with Crippen molar-refractivity contribution in [2.75, 3.05) is 51.8 Å². The number of piperazine rings is 1. The first-order chi connectivity index (χ1) is 17.6. The lowest BCUT2D eigenvalue weighted by Gasteiger charge is -2.35. The van der Waals surface area contributed by atoms with Gasteiger partial charge in [-0.15, -0.1) is 5.10 Å². The summed E-state index contributed by atoms with van der Waals surface area (Å²) in [5.41, 5.74) is 1.62. The molecule has 2 fully saturated rings. The van der Waals surface area contributed by atoms with Crippen molar-refractivity contribution in [3.63, 3.8) is 0 Å². The van der Waals surface area contributed by atoms with Gasteiger partial charge in [0.05, 0.1) is 32.4 Å². The lowest BCUT2D eigenvalue weighted by atomic mass is 10.1. The van der Waals surface area contributed by atoms with Crippen LogP contribution in [0.1, 0.15) is 12.2 Å². The van der Waals surface area contributed by atoms with Crippen molar-refractivity contribution in [2.24, 2.45) is 5.92 Å². The van der Waals surface area contributed by atoms with Gasteiger partial charge in [-0.05, 0) is 46.8 Å². The second-order valence-electron chi connectivity index (χ2n) is 8.91. The number of tetrazole rings is 1. The first-order valence-corrected chi connectivity index (χ1v) is 11.9. The lowest BCUT2D eigenvalue weighted by molar-refractivity contribution is -0.137. The van der Waals surface area contributed by atoms with Crippen molar-refractivity contribution in [1.82, 2.24) is 30.0 Å². The van der Waals surface area contributed by atoms with Crippen LogP contribution in [0.5, 0.6) is 11.5 Å². The van der Waals surface area contributed by atoms with E-state index in [1.807, 2.05) is 53.4 Å². The normalized spacial score (nSPS) is 18.5. The second kappa shape index (κ2) is 10.3. The highest BCUT2D eigenvalue weighted by Gasteiger charge is 2.38. The molecule has 2 amide bonds. The van der Waals surface area contributed by atoms with Crippen LogP contribution in [-0.4, -0.2) is 88.8 Å². The molecule has 1 atom stereocenters. The third-order valence-electron chi connectivity index (χ3n) is 6.74. The van der Waals surface area contributed by atoms with Crippen LogP contribution in [0.4, 0.5) is 5.69 Å². The van der Waals surface area contributed by atoms with Gasteiger partial charge in [0.15, 0.2) is 5.82 Å². The molecule has 188 valence electrons. The Morgan fingerprint density at radius 3 is 2.44 bits per heavy atom. The van der Waals surface area contributed by atoms with Crippen LogP contribution < -0.4 is 14.4 Å². The minimum absolute atomic E-state index is 0.0365. The first kappa shape index (κ1) is 23.7. The molecule has 1 aromatic heterocycles. The number of ether oxygens (including phenoxy) is 2. The molecule has 2 aromatic carbocycles. The average Bonchev–Trinajstić information content (AvgIpc) is 3.55. The molecule has 2 saturated heterocycles. The van der Waals surface area contributed by atoms with Gasteiger partial charge in [-0.25, -0.2) is 0 Å². The number of aromatic nitrogens is 4. The van der Waals surface area contributed by atoms with Gasteiger partial charge in [-0.1, -0.05) is 6.07 Å². The van der Waals surface area contributed by atoms with Gasteiger partial charge in [0.1, 0.15) is 11.5 Å². The van der Waals surface area contributed by atoms with E-state index in [9.17, 15) is 9.59 Å². The molecule has 1 unspecified atom stereocenters. The van der Waals surface area contributed by atoms with Gasteiger partial charge < -0.3 is 19.3 Å². The Morgan fingerprint density at radius 1 is 0.972 bits per heavy atom. The monoisotopic (exact) mass is 491 g/mol. The number of hydrogen-bond donors (Lipinski definition) is 0. The molecular weight excluding hydrogens is 462 g/mol. The minimum Gasteiger partial charge on any atom is -0.497 e. The van der Waals surface area contributed by atoms with Crippen LogP contribution in [0, 0.1) is 5.92 Å². The number of benzene rings is 2. The van der Waals surface area contributed by atoms with Gasteiger partial charge in [-0.3, -0.25) is 14.5 Å². The fourth-order valence-electron chi connectivity index (χ4n) is 4.71. The topological polar surface area (TPSA) is 106 Å². The summed E-state index contributed by atoms with van der Waals surface area (Å²) >= 11 is 0. The van der Waals surface area contributed by atoms with Gasteiger partial charge in [0.2, 0.25) is 11.8 Å². The molecule has 2 aliphatic heterocycles. The number of carbonyl (C=O) groups is 2. The molecule has 0 N–H and O–H groups in total. The number of methoxy groups -OCH3 is 2. The molecule has 0 saturated carbocycles. The summed E-state index contributed by atoms with van der Waals surface area (Å²) in [7, 11) is 3.22. The summed E-state index contributed by atoms with van der Waals surface area (Å²) in [5, 5.41) is 12.2. The van der Waals surface area contributed by atoms with Crippen molar-refractivity contribution in [3.05, 3.63) is 54.4 Å². The van der Waals surface area contributed by atoms with Crippen molar-refractivity contribution < 1.29 is 19.1 Å². The van der Waals surface area contributed by atoms with E-state index in [1.54, 1.807) is 23.8 Å². The molecule has 0 radical (unpaired) electrons. The third kappa shape index (κ3) is 4.87. The van der Waals surface area contributed by atoms with E-state index < -0.39 is 0 Å². The van der Waals surface area contributed by atoms with Crippen LogP contribution in [-0.2, 0) is 16.1 Å². The van der Waals surface area contributed by atoms with Crippen molar-refractivity contribution in [1.29, 1.82) is 0 Å². The first-order valence-electron chi connectivity index (χ1n) is 11.9. The zero-order chi connectivity index (χ0) is 25.1. The maximum Gasteiger partial charge on any atom is 0.228 e. The summed E-state index contributed by atoms with van der Waals surface area (Å²) in [6, 6.07) is 14.9. The number of rotatable bonds is 7. The Bertz CT molecular complexity index is 1220. The molecule has 0 aliphatic carbocycles. The zero-order valence-electron chi connectivity index (χ0n) is 20.4. The third-order valence-corrected chi connectivity index (χ3v) is 6.74. The summed E-state index contributed by atoms with van der Waals surface area (Å²) in [6.07, 6.45) is 0.229. The highest BCUT2D eigenvalue weighted by molar-refractivity contribution is 6.00. The number of anilines is 1. The molecule has 11 nitrogen and oxygen atoms in total. The highest BCUT2D eigenvalue weighted by Crippen LogP contribution is 2.29. The van der Waals surface area contributed by atoms with Gasteiger partial charge >= 0.3 is 0 Å². The SMILES string of the molecule is COc1ccc(-n2nnnc2CN2CCN(C(=O)C3CC(=O)N(c4cccc(OC)c4)C3)CC2)cc1. The van der Waals surface area contributed by atoms with Gasteiger partial charge in [0.25, 0.3) is 0 Å². The molecular formula is C25H29N7O4. The molecule has 36 heavy (non-hydrogen) atoms. The number of hydrogen-bond acceptors (Lipinski definition) is 8. The lowest BCUT2D eigenvalue weighted by Crippen LogP contribution is -2.50. The predicted molar refractivity (Wildman–Crippen MR) is 131 cm³/mol. The molecule has 0 spiro atoms. The maximum atomic E-state index is 13.2. The zero-order valence-corrected chi connectivity index (χ0v) is 20.4. The van der Waals surface area contributed by atoms with Crippen LogP contribution in [0.25, 0.3) is 5.69 Å². The molecule has 3 heterocycles. The van der Waals surface area contributed by atoms with E-state index in [2.05, 4.69) is 20.4 Å². The fourth-order valence-corrected chi connectivity index (χ4v) is 4.71. The fraction of sp³-hybridized carbons (Fsp3) is 0.400. The average molecular weight is 492 g/mol. The standard InChI is InChI=1S/C25H29N7O4/c1-35-21-8-6-19(7-9-21)32-23(26-27-28-32)17-29-10-12-30(13-11-29)25(34)18-14-24(33)31(16-18)20-4-3-5-22(15-20)36-2/h3-9,15,18H,10-14,16-17H2,1-2H3. The Morgan fingerprint density at radius 2 is 1.72 bits per heavy atom. The summed E-state index contributed by atoms with van der Waals surface area (Å²) in [6.45, 7) is 3.59. The largest absolute Gasteiger partial charge is 0.497 e.